The van der Waals surface area contributed by atoms with E-state index < -0.39 is 5.97 Å². The molecule has 0 fully saturated rings. The summed E-state index contributed by atoms with van der Waals surface area (Å²) in [5, 5.41) is 14.4. The maximum absolute atomic E-state index is 12.2. The van der Waals surface area contributed by atoms with Crippen molar-refractivity contribution in [2.45, 2.75) is 11.4 Å². The van der Waals surface area contributed by atoms with Crippen molar-refractivity contribution in [1.82, 2.24) is 5.32 Å². The number of rotatable bonds is 4. The van der Waals surface area contributed by atoms with Gasteiger partial charge in [0.05, 0.1) is 17.0 Å². The Bertz CT molecular complexity index is 818. The van der Waals surface area contributed by atoms with Crippen LogP contribution in [0.3, 0.4) is 0 Å². The molecule has 0 saturated heterocycles. The van der Waals surface area contributed by atoms with Crippen LogP contribution in [0.4, 0.5) is 5.69 Å². The first-order valence-electron chi connectivity index (χ1n) is 7.20. The molecule has 6 nitrogen and oxygen atoms in total. The quantitative estimate of drug-likeness (QED) is 0.793. The normalized spacial score (nSPS) is 12.9. The topological polar surface area (TPSA) is 95.5 Å². The minimum atomic E-state index is -0.987. The van der Waals surface area contributed by atoms with E-state index in [1.165, 1.54) is 23.9 Å². The van der Waals surface area contributed by atoms with Gasteiger partial charge in [0.15, 0.2) is 0 Å². The maximum Gasteiger partial charge on any atom is 0.335 e. The van der Waals surface area contributed by atoms with Gasteiger partial charge in [-0.2, -0.15) is 0 Å². The van der Waals surface area contributed by atoms with Crippen LogP contribution in [0, 0.1) is 0 Å². The molecule has 2 aromatic rings. The first kappa shape index (κ1) is 16.1. The van der Waals surface area contributed by atoms with Crippen molar-refractivity contribution >= 4 is 35.2 Å². The predicted octanol–water partition coefficient (Wildman–Crippen LogP) is 2.36. The summed E-state index contributed by atoms with van der Waals surface area (Å²) in [6, 6.07) is 11.5. The van der Waals surface area contributed by atoms with Gasteiger partial charge in [-0.1, -0.05) is 12.1 Å². The number of carbonyl (C=O) groups excluding carboxylic acids is 2. The second-order valence-corrected chi connectivity index (χ2v) is 6.25. The predicted molar refractivity (Wildman–Crippen MR) is 90.4 cm³/mol. The molecule has 2 amide bonds. The van der Waals surface area contributed by atoms with Gasteiger partial charge in [-0.3, -0.25) is 9.59 Å². The third-order valence-corrected chi connectivity index (χ3v) is 4.60. The summed E-state index contributed by atoms with van der Waals surface area (Å²) in [6.07, 6.45) is 0. The molecule has 122 valence electrons. The molecule has 1 aliphatic heterocycles. The number of benzene rings is 2. The van der Waals surface area contributed by atoms with Crippen molar-refractivity contribution in [1.29, 1.82) is 0 Å². The molecule has 3 N–H and O–H groups in total. The summed E-state index contributed by atoms with van der Waals surface area (Å²) >= 11 is 1.44. The van der Waals surface area contributed by atoms with Gasteiger partial charge < -0.3 is 15.7 Å². The first-order chi connectivity index (χ1) is 11.5. The van der Waals surface area contributed by atoms with E-state index in [0.29, 0.717) is 17.0 Å². The van der Waals surface area contributed by atoms with E-state index in [1.807, 2.05) is 6.07 Å². The lowest BCUT2D eigenvalue weighted by Crippen LogP contribution is -2.24. The van der Waals surface area contributed by atoms with Gasteiger partial charge in [-0.25, -0.2) is 4.79 Å². The van der Waals surface area contributed by atoms with E-state index >= 15 is 0 Å². The highest BCUT2D eigenvalue weighted by molar-refractivity contribution is 8.00. The van der Waals surface area contributed by atoms with Gasteiger partial charge in [0, 0.05) is 17.0 Å². The lowest BCUT2D eigenvalue weighted by molar-refractivity contribution is -0.113. The molecule has 0 aliphatic carbocycles. The van der Waals surface area contributed by atoms with E-state index in [-0.39, 0.29) is 23.9 Å². The van der Waals surface area contributed by atoms with Gasteiger partial charge in [0.2, 0.25) is 5.91 Å². The molecule has 1 aliphatic rings. The molecule has 0 atom stereocenters. The van der Waals surface area contributed by atoms with Crippen molar-refractivity contribution < 1.29 is 19.5 Å². The van der Waals surface area contributed by atoms with Crippen LogP contribution < -0.4 is 10.6 Å². The Morgan fingerprint density at radius 3 is 2.54 bits per heavy atom. The zero-order chi connectivity index (χ0) is 17.1. The van der Waals surface area contributed by atoms with Gasteiger partial charge in [0.1, 0.15) is 0 Å². The molecule has 0 spiro atoms. The number of hydrogen-bond acceptors (Lipinski definition) is 4. The molecule has 24 heavy (non-hydrogen) atoms. The lowest BCUT2D eigenvalue weighted by Gasteiger charge is -2.17. The molecular weight excluding hydrogens is 328 g/mol. The number of carboxylic acids is 1. The van der Waals surface area contributed by atoms with E-state index in [0.717, 1.165) is 10.5 Å². The van der Waals surface area contributed by atoms with Gasteiger partial charge in [-0.05, 0) is 35.9 Å². The monoisotopic (exact) mass is 342 g/mol. The minimum absolute atomic E-state index is 0.0800. The number of carbonyl (C=O) groups is 3. The van der Waals surface area contributed by atoms with Crippen LogP contribution in [-0.4, -0.2) is 28.6 Å². The fourth-order valence-electron chi connectivity index (χ4n) is 2.27. The van der Waals surface area contributed by atoms with Crippen LogP contribution in [0.15, 0.2) is 47.4 Å². The van der Waals surface area contributed by atoms with Gasteiger partial charge in [0.25, 0.3) is 5.91 Å². The summed E-state index contributed by atoms with van der Waals surface area (Å²) in [7, 11) is 0. The zero-order valence-electron chi connectivity index (χ0n) is 12.5. The largest absolute Gasteiger partial charge is 0.478 e. The van der Waals surface area contributed by atoms with E-state index in [1.54, 1.807) is 24.3 Å². The Morgan fingerprint density at radius 2 is 1.83 bits per heavy atom. The van der Waals surface area contributed by atoms with Crippen molar-refractivity contribution in [3.05, 3.63) is 59.2 Å². The summed E-state index contributed by atoms with van der Waals surface area (Å²) in [6.45, 7) is 0.289. The molecule has 0 aromatic heterocycles. The molecule has 0 radical (unpaired) electrons. The fraction of sp³-hybridized carbons (Fsp3) is 0.118. The van der Waals surface area contributed by atoms with E-state index in [2.05, 4.69) is 10.6 Å². The molecule has 1 heterocycles. The van der Waals surface area contributed by atoms with Gasteiger partial charge in [-0.15, -0.1) is 11.8 Å². The van der Waals surface area contributed by atoms with Crippen LogP contribution in [0.1, 0.15) is 26.3 Å². The molecule has 3 rings (SSSR count). The van der Waals surface area contributed by atoms with Crippen molar-refractivity contribution in [2.75, 3.05) is 11.1 Å². The second kappa shape index (κ2) is 6.76. The number of thioether (sulfide) groups is 1. The third-order valence-electron chi connectivity index (χ3n) is 3.53. The number of aromatic carboxylic acids is 1. The van der Waals surface area contributed by atoms with Crippen LogP contribution in [0.5, 0.6) is 0 Å². The van der Waals surface area contributed by atoms with Crippen LogP contribution in [0.25, 0.3) is 0 Å². The number of hydrogen-bond donors (Lipinski definition) is 3. The molecule has 0 bridgehead atoms. The van der Waals surface area contributed by atoms with E-state index in [4.69, 9.17) is 5.11 Å². The van der Waals surface area contributed by atoms with Crippen molar-refractivity contribution in [3.63, 3.8) is 0 Å². The van der Waals surface area contributed by atoms with Crippen molar-refractivity contribution in [2.24, 2.45) is 0 Å². The maximum atomic E-state index is 12.2. The number of carboxylic acid groups (broad SMARTS) is 1. The number of nitrogens with one attached hydrogen (secondary N) is 2. The standard InChI is InChI=1S/C17H14N2O4S/c20-15-9-24-14-6-5-12(7-13(14)19-15)16(21)18-8-10-1-3-11(4-2-10)17(22)23/h1-7H,8-9H2,(H,18,21)(H,19,20)(H,22,23). The smallest absolute Gasteiger partial charge is 0.335 e. The molecule has 2 aromatic carbocycles. The Balaban J connectivity index is 1.66. The summed E-state index contributed by atoms with van der Waals surface area (Å²) in [4.78, 5) is 35.4. The Kier molecular flexibility index (Phi) is 4.52. The molecule has 7 heteroatoms. The molecular formula is C17H14N2O4S. The SMILES string of the molecule is O=C1CSc2ccc(C(=O)NCc3ccc(C(=O)O)cc3)cc2N1. The third kappa shape index (κ3) is 3.57. The number of anilines is 1. The summed E-state index contributed by atoms with van der Waals surface area (Å²) in [5.74, 6) is -0.946. The first-order valence-corrected chi connectivity index (χ1v) is 8.18. The highest BCUT2D eigenvalue weighted by Crippen LogP contribution is 2.31. The summed E-state index contributed by atoms with van der Waals surface area (Å²) < 4.78 is 0. The van der Waals surface area contributed by atoms with Crippen molar-refractivity contribution in [3.8, 4) is 0 Å². The second-order valence-electron chi connectivity index (χ2n) is 5.23. The summed E-state index contributed by atoms with van der Waals surface area (Å²) in [5.41, 5.74) is 2.11. The van der Waals surface area contributed by atoms with E-state index in [9.17, 15) is 14.4 Å². The Labute approximate surface area is 142 Å². The Morgan fingerprint density at radius 1 is 1.12 bits per heavy atom. The number of amides is 2. The van der Waals surface area contributed by atoms with Crippen LogP contribution >= 0.6 is 11.8 Å². The number of fused-ring (bicyclic) bond motifs is 1. The average Bonchev–Trinajstić information content (AvgIpc) is 2.59. The van der Waals surface area contributed by atoms with Crippen LogP contribution in [0.2, 0.25) is 0 Å². The lowest BCUT2D eigenvalue weighted by atomic mass is 10.1. The highest BCUT2D eigenvalue weighted by atomic mass is 32.2. The highest BCUT2D eigenvalue weighted by Gasteiger charge is 2.17. The minimum Gasteiger partial charge on any atom is -0.478 e. The molecule has 0 saturated carbocycles. The fourth-order valence-corrected chi connectivity index (χ4v) is 3.06. The zero-order valence-corrected chi connectivity index (χ0v) is 13.4. The average molecular weight is 342 g/mol. The van der Waals surface area contributed by atoms with Crippen LogP contribution in [-0.2, 0) is 11.3 Å². The molecule has 0 unspecified atom stereocenters. The van der Waals surface area contributed by atoms with Gasteiger partial charge >= 0.3 is 5.97 Å². The Hall–Kier alpha value is -2.80.